The molecule has 0 bridgehead atoms. The molecule has 0 radical (unpaired) electrons. The van der Waals surface area contributed by atoms with Crippen LogP contribution in [0.2, 0.25) is 0 Å². The molecule has 0 aromatic heterocycles. The smallest absolute Gasteiger partial charge is 0.330 e. The van der Waals surface area contributed by atoms with E-state index in [0.29, 0.717) is 18.4 Å². The first-order valence-corrected chi connectivity index (χ1v) is 9.27. The summed E-state index contributed by atoms with van der Waals surface area (Å²) in [4.78, 5) is 27.5. The number of hydrogen-bond acceptors (Lipinski definition) is 3. The summed E-state index contributed by atoms with van der Waals surface area (Å²) >= 11 is 0. The number of nitrogens with one attached hydrogen (secondary N) is 1. The molecule has 142 valence electrons. The number of benzene rings is 2. The standard InChI is InChI=1S/C22H26N2O3/c1-16-7-6-8-17(15-16)19(20(25)26)23-21(27)22(11-13-24(2)14-12-22)18-9-4-3-5-10-18/h3-10,15,19H,11-14H2,1-2H3,(H,23,27)(H,25,26)/t19-/m1/s1. The van der Waals surface area contributed by atoms with Crippen LogP contribution < -0.4 is 5.32 Å². The van der Waals surface area contributed by atoms with E-state index in [4.69, 9.17) is 0 Å². The average Bonchev–Trinajstić information content (AvgIpc) is 2.67. The van der Waals surface area contributed by atoms with Crippen LogP contribution in [0, 0.1) is 6.92 Å². The molecule has 5 nitrogen and oxygen atoms in total. The molecule has 2 aromatic rings. The highest BCUT2D eigenvalue weighted by atomic mass is 16.4. The van der Waals surface area contributed by atoms with Gasteiger partial charge in [-0.25, -0.2) is 4.79 Å². The Morgan fingerprint density at radius 1 is 1.07 bits per heavy atom. The minimum atomic E-state index is -1.06. The maximum absolute atomic E-state index is 13.4. The van der Waals surface area contributed by atoms with E-state index in [0.717, 1.165) is 24.2 Å². The van der Waals surface area contributed by atoms with E-state index in [1.165, 1.54) is 0 Å². The van der Waals surface area contributed by atoms with Crippen molar-refractivity contribution in [2.45, 2.75) is 31.2 Å². The monoisotopic (exact) mass is 366 g/mol. The fourth-order valence-corrected chi connectivity index (χ4v) is 3.81. The predicted octanol–water partition coefficient (Wildman–Crippen LogP) is 2.90. The zero-order chi connectivity index (χ0) is 19.4. The summed E-state index contributed by atoms with van der Waals surface area (Å²) in [5.74, 6) is -1.26. The molecule has 2 aromatic carbocycles. The summed E-state index contributed by atoms with van der Waals surface area (Å²) < 4.78 is 0. The van der Waals surface area contributed by atoms with Crippen LogP contribution in [0.1, 0.15) is 35.6 Å². The van der Waals surface area contributed by atoms with Crippen molar-refractivity contribution in [1.82, 2.24) is 10.2 Å². The second kappa shape index (κ2) is 7.92. The highest BCUT2D eigenvalue weighted by Gasteiger charge is 2.43. The van der Waals surface area contributed by atoms with Gasteiger partial charge in [-0.2, -0.15) is 0 Å². The van der Waals surface area contributed by atoms with Gasteiger partial charge in [-0.3, -0.25) is 4.79 Å². The van der Waals surface area contributed by atoms with Crippen molar-refractivity contribution in [3.63, 3.8) is 0 Å². The Kier molecular flexibility index (Phi) is 5.61. The van der Waals surface area contributed by atoms with Gasteiger partial charge in [0.05, 0.1) is 5.41 Å². The second-order valence-corrected chi connectivity index (χ2v) is 7.41. The summed E-state index contributed by atoms with van der Waals surface area (Å²) in [6.45, 7) is 3.50. The second-order valence-electron chi connectivity index (χ2n) is 7.41. The first-order valence-electron chi connectivity index (χ1n) is 9.27. The lowest BCUT2D eigenvalue weighted by Crippen LogP contribution is -2.52. The van der Waals surface area contributed by atoms with Crippen molar-refractivity contribution in [2.75, 3.05) is 20.1 Å². The predicted molar refractivity (Wildman–Crippen MR) is 105 cm³/mol. The highest BCUT2D eigenvalue weighted by molar-refractivity contribution is 5.92. The summed E-state index contributed by atoms with van der Waals surface area (Å²) in [6.07, 6.45) is 1.33. The van der Waals surface area contributed by atoms with E-state index in [9.17, 15) is 14.7 Å². The van der Waals surface area contributed by atoms with Crippen LogP contribution in [0.4, 0.5) is 0 Å². The molecular weight excluding hydrogens is 340 g/mol. The Bertz CT molecular complexity index is 811. The van der Waals surface area contributed by atoms with E-state index < -0.39 is 17.4 Å². The van der Waals surface area contributed by atoms with Crippen molar-refractivity contribution in [3.05, 3.63) is 71.3 Å². The number of carbonyl (C=O) groups excluding carboxylic acids is 1. The molecule has 3 rings (SSSR count). The molecule has 0 saturated carbocycles. The average molecular weight is 366 g/mol. The molecule has 1 amide bonds. The molecule has 1 fully saturated rings. The lowest BCUT2D eigenvalue weighted by molar-refractivity contribution is -0.143. The van der Waals surface area contributed by atoms with E-state index in [-0.39, 0.29) is 5.91 Å². The number of rotatable bonds is 5. The molecule has 1 saturated heterocycles. The SMILES string of the molecule is Cc1cccc([C@@H](NC(=O)C2(c3ccccc3)CCN(C)CC2)C(=O)O)c1. The molecule has 0 aliphatic carbocycles. The maximum atomic E-state index is 13.4. The molecular formula is C22H26N2O3. The molecule has 2 N–H and O–H groups in total. The number of amides is 1. The van der Waals surface area contributed by atoms with Crippen LogP contribution >= 0.6 is 0 Å². The third-order valence-corrected chi connectivity index (χ3v) is 5.50. The molecule has 1 heterocycles. The van der Waals surface area contributed by atoms with Gasteiger partial charge in [-0.1, -0.05) is 60.2 Å². The third-order valence-electron chi connectivity index (χ3n) is 5.50. The lowest BCUT2D eigenvalue weighted by atomic mass is 9.72. The Balaban J connectivity index is 1.93. The zero-order valence-corrected chi connectivity index (χ0v) is 15.8. The first-order chi connectivity index (χ1) is 12.9. The number of carbonyl (C=O) groups is 2. The van der Waals surface area contributed by atoms with Gasteiger partial charge >= 0.3 is 5.97 Å². The maximum Gasteiger partial charge on any atom is 0.330 e. The highest BCUT2D eigenvalue weighted by Crippen LogP contribution is 2.36. The Morgan fingerprint density at radius 2 is 1.74 bits per heavy atom. The van der Waals surface area contributed by atoms with Gasteiger partial charge in [0.1, 0.15) is 0 Å². The van der Waals surface area contributed by atoms with Crippen LogP contribution in [0.3, 0.4) is 0 Å². The molecule has 1 aliphatic rings. The van der Waals surface area contributed by atoms with Crippen LogP contribution in [0.15, 0.2) is 54.6 Å². The lowest BCUT2D eigenvalue weighted by Gasteiger charge is -2.40. The van der Waals surface area contributed by atoms with Crippen molar-refractivity contribution < 1.29 is 14.7 Å². The third kappa shape index (κ3) is 4.03. The summed E-state index contributed by atoms with van der Waals surface area (Å²) in [5, 5.41) is 12.6. The van der Waals surface area contributed by atoms with E-state index in [1.807, 2.05) is 62.5 Å². The Hall–Kier alpha value is -2.66. The number of nitrogens with zero attached hydrogens (tertiary/aromatic N) is 1. The summed E-state index contributed by atoms with van der Waals surface area (Å²) in [6, 6.07) is 15.9. The van der Waals surface area contributed by atoms with Crippen LogP contribution in [0.25, 0.3) is 0 Å². The van der Waals surface area contributed by atoms with Gasteiger partial charge in [0.2, 0.25) is 5.91 Å². The minimum absolute atomic E-state index is 0.212. The number of hydrogen-bond donors (Lipinski definition) is 2. The van der Waals surface area contributed by atoms with Crippen LogP contribution in [-0.4, -0.2) is 42.0 Å². The minimum Gasteiger partial charge on any atom is -0.479 e. The summed E-state index contributed by atoms with van der Waals surface area (Å²) in [5.41, 5.74) is 1.80. The van der Waals surface area contributed by atoms with Crippen molar-refractivity contribution in [1.29, 1.82) is 0 Å². The first kappa shape index (κ1) is 19.1. The number of piperidine rings is 1. The van der Waals surface area contributed by atoms with E-state index in [2.05, 4.69) is 10.2 Å². The Labute approximate surface area is 160 Å². The zero-order valence-electron chi connectivity index (χ0n) is 15.8. The normalized spacial score (nSPS) is 17.9. The van der Waals surface area contributed by atoms with Gasteiger partial charge in [0.25, 0.3) is 0 Å². The van der Waals surface area contributed by atoms with Gasteiger partial charge in [-0.15, -0.1) is 0 Å². The topological polar surface area (TPSA) is 69.6 Å². The largest absolute Gasteiger partial charge is 0.479 e. The summed E-state index contributed by atoms with van der Waals surface area (Å²) in [7, 11) is 2.04. The number of aryl methyl sites for hydroxylation is 1. The number of carboxylic acid groups (broad SMARTS) is 1. The molecule has 5 heteroatoms. The fraction of sp³-hybridized carbons (Fsp3) is 0.364. The molecule has 1 atom stereocenters. The van der Waals surface area contributed by atoms with Crippen molar-refractivity contribution in [3.8, 4) is 0 Å². The molecule has 0 spiro atoms. The van der Waals surface area contributed by atoms with Crippen LogP contribution in [-0.2, 0) is 15.0 Å². The van der Waals surface area contributed by atoms with Gasteiger partial charge in [0, 0.05) is 0 Å². The quantitative estimate of drug-likeness (QED) is 0.854. The molecule has 27 heavy (non-hydrogen) atoms. The van der Waals surface area contributed by atoms with Gasteiger partial charge < -0.3 is 15.3 Å². The van der Waals surface area contributed by atoms with E-state index in [1.54, 1.807) is 6.07 Å². The van der Waals surface area contributed by atoms with Crippen LogP contribution in [0.5, 0.6) is 0 Å². The van der Waals surface area contributed by atoms with Gasteiger partial charge in [0.15, 0.2) is 6.04 Å². The van der Waals surface area contributed by atoms with Gasteiger partial charge in [-0.05, 0) is 51.0 Å². The molecule has 0 unspecified atom stereocenters. The number of aliphatic carboxylic acids is 1. The Morgan fingerprint density at radius 3 is 2.33 bits per heavy atom. The van der Waals surface area contributed by atoms with Crippen molar-refractivity contribution >= 4 is 11.9 Å². The fourth-order valence-electron chi connectivity index (χ4n) is 3.81. The number of likely N-dealkylation sites (tertiary alicyclic amines) is 1. The van der Waals surface area contributed by atoms with Crippen molar-refractivity contribution in [2.24, 2.45) is 0 Å². The van der Waals surface area contributed by atoms with E-state index >= 15 is 0 Å². The number of carboxylic acids is 1. The molecule has 1 aliphatic heterocycles.